The van der Waals surface area contributed by atoms with E-state index in [2.05, 4.69) is 0 Å². The van der Waals surface area contributed by atoms with Gasteiger partial charge in [-0.1, -0.05) is 29.8 Å². The maximum Gasteiger partial charge on any atom is 0.338 e. The highest BCUT2D eigenvalue weighted by Crippen LogP contribution is 2.11. The Balaban J connectivity index is 1.89. The molecule has 2 rings (SSSR count). The van der Waals surface area contributed by atoms with Crippen molar-refractivity contribution in [1.29, 1.82) is 0 Å². The van der Waals surface area contributed by atoms with Crippen LogP contribution >= 0.6 is 0 Å². The number of benzene rings is 2. The van der Waals surface area contributed by atoms with Gasteiger partial charge in [-0.15, -0.1) is 0 Å². The summed E-state index contributed by atoms with van der Waals surface area (Å²) in [6.45, 7) is 2.02. The summed E-state index contributed by atoms with van der Waals surface area (Å²) in [5.74, 6) is -1.01. The van der Waals surface area contributed by atoms with Crippen LogP contribution in [0.25, 0.3) is 0 Å². The SMILES string of the molecule is Cc1ccc(CN(C)C(=O)COC(=O)c2ccc(S(C)(=O)=O)cc2)cc1. The van der Waals surface area contributed by atoms with Gasteiger partial charge in [-0.3, -0.25) is 4.79 Å². The van der Waals surface area contributed by atoms with Crippen molar-refractivity contribution >= 4 is 21.7 Å². The number of likely N-dealkylation sites (N-methyl/N-ethyl adjacent to an activating group) is 1. The second-order valence-electron chi connectivity index (χ2n) is 6.11. The zero-order chi connectivity index (χ0) is 19.3. The lowest BCUT2D eigenvalue weighted by atomic mass is 10.1. The number of rotatable bonds is 6. The van der Waals surface area contributed by atoms with Crippen LogP contribution < -0.4 is 0 Å². The molecular weight excluding hydrogens is 354 g/mol. The van der Waals surface area contributed by atoms with E-state index >= 15 is 0 Å². The predicted octanol–water partition coefficient (Wildman–Crippen LogP) is 2.21. The van der Waals surface area contributed by atoms with E-state index in [1.165, 1.54) is 29.2 Å². The highest BCUT2D eigenvalue weighted by molar-refractivity contribution is 7.90. The summed E-state index contributed by atoms with van der Waals surface area (Å²) in [6.07, 6.45) is 1.09. The molecule has 1 amide bonds. The van der Waals surface area contributed by atoms with Gasteiger partial charge in [0.15, 0.2) is 16.4 Å². The monoisotopic (exact) mass is 375 g/mol. The van der Waals surface area contributed by atoms with Gasteiger partial charge in [-0.2, -0.15) is 0 Å². The molecule has 7 heteroatoms. The lowest BCUT2D eigenvalue weighted by molar-refractivity contribution is -0.133. The molecule has 0 aromatic heterocycles. The van der Waals surface area contributed by atoms with Gasteiger partial charge >= 0.3 is 5.97 Å². The van der Waals surface area contributed by atoms with Crippen LogP contribution in [0, 0.1) is 6.92 Å². The van der Waals surface area contributed by atoms with Crippen LogP contribution in [0.5, 0.6) is 0 Å². The molecule has 138 valence electrons. The van der Waals surface area contributed by atoms with Crippen LogP contribution in [-0.4, -0.2) is 45.1 Å². The fraction of sp³-hybridized carbons (Fsp3) is 0.263. The fourth-order valence-electron chi connectivity index (χ4n) is 2.21. The van der Waals surface area contributed by atoms with E-state index in [1.54, 1.807) is 7.05 Å². The second kappa shape index (κ2) is 8.14. The minimum atomic E-state index is -3.33. The van der Waals surface area contributed by atoms with E-state index in [4.69, 9.17) is 4.74 Å². The van der Waals surface area contributed by atoms with E-state index in [1.807, 2.05) is 31.2 Å². The molecule has 0 radical (unpaired) electrons. The molecule has 0 aliphatic heterocycles. The number of sulfone groups is 1. The lowest BCUT2D eigenvalue weighted by Gasteiger charge is -2.17. The van der Waals surface area contributed by atoms with Crippen molar-refractivity contribution in [2.75, 3.05) is 19.9 Å². The van der Waals surface area contributed by atoms with Crippen molar-refractivity contribution in [3.8, 4) is 0 Å². The highest BCUT2D eigenvalue weighted by atomic mass is 32.2. The third-order valence-electron chi connectivity index (χ3n) is 3.81. The van der Waals surface area contributed by atoms with Crippen LogP contribution in [0.3, 0.4) is 0 Å². The molecule has 0 spiro atoms. The van der Waals surface area contributed by atoms with Gasteiger partial charge in [0.1, 0.15) is 0 Å². The molecule has 0 saturated carbocycles. The number of aryl methyl sites for hydroxylation is 1. The van der Waals surface area contributed by atoms with Crippen LogP contribution in [-0.2, 0) is 25.9 Å². The lowest BCUT2D eigenvalue weighted by Crippen LogP contribution is -2.30. The van der Waals surface area contributed by atoms with Gasteiger partial charge in [0, 0.05) is 19.8 Å². The first-order valence-electron chi connectivity index (χ1n) is 7.93. The summed E-state index contributed by atoms with van der Waals surface area (Å²) < 4.78 is 27.8. The number of hydrogen-bond donors (Lipinski definition) is 0. The summed E-state index contributed by atoms with van der Waals surface area (Å²) in [5.41, 5.74) is 2.30. The zero-order valence-electron chi connectivity index (χ0n) is 14.9. The molecule has 0 atom stereocenters. The average molecular weight is 375 g/mol. The van der Waals surface area contributed by atoms with Crippen molar-refractivity contribution in [2.45, 2.75) is 18.4 Å². The highest BCUT2D eigenvalue weighted by Gasteiger charge is 2.15. The second-order valence-corrected chi connectivity index (χ2v) is 8.12. The van der Waals surface area contributed by atoms with Crippen LogP contribution in [0.15, 0.2) is 53.4 Å². The molecule has 0 bridgehead atoms. The van der Waals surface area contributed by atoms with Crippen molar-refractivity contribution in [1.82, 2.24) is 4.90 Å². The molecule has 0 unspecified atom stereocenters. The van der Waals surface area contributed by atoms with Gasteiger partial charge in [0.2, 0.25) is 0 Å². The topological polar surface area (TPSA) is 80.8 Å². The Kier molecular flexibility index (Phi) is 6.15. The Morgan fingerprint density at radius 3 is 2.12 bits per heavy atom. The normalized spacial score (nSPS) is 11.0. The summed E-state index contributed by atoms with van der Waals surface area (Å²) in [6, 6.07) is 13.2. The van der Waals surface area contributed by atoms with Crippen LogP contribution in [0.4, 0.5) is 0 Å². The molecule has 2 aromatic carbocycles. The Hall–Kier alpha value is -2.67. The number of hydrogen-bond acceptors (Lipinski definition) is 5. The van der Waals surface area contributed by atoms with Crippen molar-refractivity contribution in [3.05, 3.63) is 65.2 Å². The summed E-state index contributed by atoms with van der Waals surface area (Å²) in [5, 5.41) is 0. The first-order valence-corrected chi connectivity index (χ1v) is 9.83. The molecule has 0 N–H and O–H groups in total. The quantitative estimate of drug-likeness (QED) is 0.723. The molecule has 6 nitrogen and oxygen atoms in total. The minimum Gasteiger partial charge on any atom is -0.452 e. The largest absolute Gasteiger partial charge is 0.452 e. The third kappa shape index (κ3) is 5.42. The van der Waals surface area contributed by atoms with Gasteiger partial charge in [-0.05, 0) is 36.8 Å². The van der Waals surface area contributed by atoms with E-state index < -0.39 is 15.8 Å². The first kappa shape index (κ1) is 19.7. The smallest absolute Gasteiger partial charge is 0.338 e. The van der Waals surface area contributed by atoms with E-state index in [0.717, 1.165) is 17.4 Å². The minimum absolute atomic E-state index is 0.114. The number of carbonyl (C=O) groups is 2. The Morgan fingerprint density at radius 2 is 1.58 bits per heavy atom. The summed E-state index contributed by atoms with van der Waals surface area (Å²) in [7, 11) is -1.69. The molecule has 0 fully saturated rings. The fourth-order valence-corrected chi connectivity index (χ4v) is 2.85. The van der Waals surface area contributed by atoms with Crippen molar-refractivity contribution < 1.29 is 22.7 Å². The molecule has 0 aliphatic carbocycles. The van der Waals surface area contributed by atoms with Gasteiger partial charge < -0.3 is 9.64 Å². The zero-order valence-corrected chi connectivity index (χ0v) is 15.7. The molecule has 26 heavy (non-hydrogen) atoms. The van der Waals surface area contributed by atoms with Crippen LogP contribution in [0.1, 0.15) is 21.5 Å². The average Bonchev–Trinajstić information content (AvgIpc) is 2.60. The first-order chi connectivity index (χ1) is 12.2. The van der Waals surface area contributed by atoms with Crippen LogP contribution in [0.2, 0.25) is 0 Å². The van der Waals surface area contributed by atoms with E-state index in [9.17, 15) is 18.0 Å². The summed E-state index contributed by atoms with van der Waals surface area (Å²) >= 11 is 0. The molecule has 0 aliphatic rings. The molecule has 2 aromatic rings. The van der Waals surface area contributed by atoms with Crippen molar-refractivity contribution in [2.24, 2.45) is 0 Å². The third-order valence-corrected chi connectivity index (χ3v) is 4.94. The maximum atomic E-state index is 12.1. The number of ether oxygens (including phenoxy) is 1. The van der Waals surface area contributed by atoms with Gasteiger partial charge in [0.05, 0.1) is 10.5 Å². The van der Waals surface area contributed by atoms with Gasteiger partial charge in [-0.25, -0.2) is 13.2 Å². The van der Waals surface area contributed by atoms with E-state index in [0.29, 0.717) is 6.54 Å². The molecule has 0 saturated heterocycles. The Labute approximate surface area is 153 Å². The number of amides is 1. The Morgan fingerprint density at radius 1 is 1.00 bits per heavy atom. The number of esters is 1. The number of carbonyl (C=O) groups excluding carboxylic acids is 2. The maximum absolute atomic E-state index is 12.1. The molecule has 0 heterocycles. The van der Waals surface area contributed by atoms with Gasteiger partial charge in [0.25, 0.3) is 5.91 Å². The predicted molar refractivity (Wildman–Crippen MR) is 97.5 cm³/mol. The van der Waals surface area contributed by atoms with Crippen molar-refractivity contribution in [3.63, 3.8) is 0 Å². The molecular formula is C19H21NO5S. The van der Waals surface area contributed by atoms with E-state index in [-0.39, 0.29) is 23.0 Å². The summed E-state index contributed by atoms with van der Waals surface area (Å²) in [4.78, 5) is 25.7. The number of nitrogens with zero attached hydrogens (tertiary/aromatic N) is 1. The standard InChI is InChI=1S/C19H21NO5S/c1-14-4-6-15(7-5-14)12-20(2)18(21)13-25-19(22)16-8-10-17(11-9-16)26(3,23)24/h4-11H,12-13H2,1-3H3. The Bertz CT molecular complexity index is 887.